The second-order valence-electron chi connectivity index (χ2n) is 15.5. The summed E-state index contributed by atoms with van der Waals surface area (Å²) in [6, 6.07) is 21.0. The lowest BCUT2D eigenvalue weighted by Gasteiger charge is -2.44. The highest BCUT2D eigenvalue weighted by Crippen LogP contribution is 2.64. The molecule has 4 bridgehead atoms. The minimum absolute atomic E-state index is 0.0123. The molecule has 1 amide bonds. The van der Waals surface area contributed by atoms with Crippen LogP contribution in [0.2, 0.25) is 0 Å². The van der Waals surface area contributed by atoms with Crippen molar-refractivity contribution in [2.45, 2.75) is 58.4 Å². The number of hydrogen-bond donors (Lipinski definition) is 1. The van der Waals surface area contributed by atoms with E-state index < -0.39 is 20.9 Å². The Kier molecular flexibility index (Phi) is 7.66. The lowest BCUT2D eigenvalue weighted by Crippen LogP contribution is -2.47. The van der Waals surface area contributed by atoms with Crippen LogP contribution in [0.4, 0.5) is 11.4 Å². The van der Waals surface area contributed by atoms with Gasteiger partial charge in [-0.05, 0) is 78.3 Å². The number of fused-ring (bicyclic) bond motifs is 6. The van der Waals surface area contributed by atoms with Crippen molar-refractivity contribution < 1.29 is 18.0 Å². The first-order valence-corrected chi connectivity index (χ1v) is 19.3. The molecule has 1 N–H and O–H groups in total. The molecule has 1 aromatic heterocycles. The zero-order valence-corrected chi connectivity index (χ0v) is 29.0. The first-order chi connectivity index (χ1) is 23.4. The highest BCUT2D eigenvalue weighted by Gasteiger charge is 2.65. The number of carbonyl (C=O) groups excluding carboxylic acids is 2. The summed E-state index contributed by atoms with van der Waals surface area (Å²) in [7, 11) is -3.98. The van der Waals surface area contributed by atoms with E-state index in [-0.39, 0.29) is 40.8 Å². The second kappa shape index (κ2) is 11.7. The summed E-state index contributed by atoms with van der Waals surface area (Å²) in [6.07, 6.45) is 5.68. The standard InChI is InChI=1S/C39H44N4O5S/c1-38(2)31-13-16-39(38,35(44)21-31)25-49(47,48)40-32-20-29(37(46)41-17-14-28(15-18-41)27-7-4-3-5-8-27)11-12-34(32)42-22-26-19-30(24-42)33-9-6-10-36(45)43(33)23-26/h3-12,14,20,26,30-31,40H,13,15-19,21-25H2,1-2H3/t26-,30+,31+,39-/m1/s1. The molecular formula is C39H44N4O5S. The van der Waals surface area contributed by atoms with Gasteiger partial charge in [-0.2, -0.15) is 0 Å². The predicted molar refractivity (Wildman–Crippen MR) is 191 cm³/mol. The molecule has 2 aliphatic carbocycles. The van der Waals surface area contributed by atoms with Crippen molar-refractivity contribution in [1.29, 1.82) is 0 Å². The van der Waals surface area contributed by atoms with E-state index in [1.54, 1.807) is 23.1 Å². The van der Waals surface area contributed by atoms with Crippen molar-refractivity contribution in [2.24, 2.45) is 22.7 Å². The number of hydrogen-bond acceptors (Lipinski definition) is 6. The normalized spacial score (nSPS) is 27.1. The number of ketones is 1. The van der Waals surface area contributed by atoms with Crippen LogP contribution >= 0.6 is 0 Å². The average molecular weight is 681 g/mol. The van der Waals surface area contributed by atoms with Crippen molar-refractivity contribution in [2.75, 3.05) is 41.6 Å². The van der Waals surface area contributed by atoms with Gasteiger partial charge in [0, 0.05) is 62.4 Å². The van der Waals surface area contributed by atoms with E-state index in [4.69, 9.17) is 0 Å². The summed E-state index contributed by atoms with van der Waals surface area (Å²) in [5, 5.41) is 0. The number of nitrogens with zero attached hydrogens (tertiary/aromatic N) is 3. The van der Waals surface area contributed by atoms with Crippen LogP contribution in [0.5, 0.6) is 0 Å². The van der Waals surface area contributed by atoms with E-state index in [1.165, 1.54) is 5.57 Å². The van der Waals surface area contributed by atoms with Gasteiger partial charge in [-0.25, -0.2) is 8.42 Å². The van der Waals surface area contributed by atoms with Crippen LogP contribution < -0.4 is 15.2 Å². The molecule has 4 heterocycles. The fourth-order valence-electron chi connectivity index (χ4n) is 9.71. The Hall–Kier alpha value is -4.18. The molecule has 8 rings (SSSR count). The smallest absolute Gasteiger partial charge is 0.254 e. The molecule has 3 aromatic rings. The Bertz CT molecular complexity index is 2040. The molecule has 0 unspecified atom stereocenters. The maximum Gasteiger partial charge on any atom is 0.254 e. The molecule has 2 aromatic carbocycles. The van der Waals surface area contributed by atoms with Gasteiger partial charge in [0.15, 0.2) is 0 Å². The van der Waals surface area contributed by atoms with Crippen LogP contribution in [0.3, 0.4) is 0 Å². The third-order valence-corrected chi connectivity index (χ3v) is 13.9. The SMILES string of the molecule is CC1(C)[C@H]2CC[C@@]1(CS(=O)(=O)Nc1cc(C(=O)N3CC=C(c4ccccc4)CC3)ccc1N1C[C@H]3C[C@@H](C1)c1cccc(=O)n1C3)C(=O)C2. The molecule has 5 aliphatic rings. The Morgan fingerprint density at radius 2 is 1.80 bits per heavy atom. The van der Waals surface area contributed by atoms with Gasteiger partial charge in [-0.1, -0.05) is 56.3 Å². The number of nitrogens with one attached hydrogen (secondary N) is 1. The first-order valence-electron chi connectivity index (χ1n) is 17.6. The molecule has 3 fully saturated rings. The highest BCUT2D eigenvalue weighted by molar-refractivity contribution is 7.92. The fourth-order valence-corrected chi connectivity index (χ4v) is 11.6. The second-order valence-corrected chi connectivity index (χ2v) is 17.2. The summed E-state index contributed by atoms with van der Waals surface area (Å²) in [4.78, 5) is 43.9. The van der Waals surface area contributed by atoms with Gasteiger partial charge in [-0.3, -0.25) is 19.1 Å². The third kappa shape index (κ3) is 5.43. The van der Waals surface area contributed by atoms with Gasteiger partial charge in [0.05, 0.1) is 22.5 Å². The van der Waals surface area contributed by atoms with Crippen LogP contribution in [-0.2, 0) is 21.4 Å². The van der Waals surface area contributed by atoms with Crippen LogP contribution in [0.15, 0.2) is 77.6 Å². The van der Waals surface area contributed by atoms with Crippen LogP contribution in [-0.4, -0.2) is 61.5 Å². The molecule has 3 aliphatic heterocycles. The van der Waals surface area contributed by atoms with Gasteiger partial charge in [0.25, 0.3) is 11.5 Å². The summed E-state index contributed by atoms with van der Waals surface area (Å²) in [5.74, 6) is 0.189. The third-order valence-electron chi connectivity index (χ3n) is 12.5. The largest absolute Gasteiger partial charge is 0.369 e. The summed E-state index contributed by atoms with van der Waals surface area (Å²) < 4.78 is 33.1. The Labute approximate surface area is 288 Å². The lowest BCUT2D eigenvalue weighted by atomic mass is 9.70. The van der Waals surface area contributed by atoms with E-state index in [0.717, 1.165) is 30.5 Å². The quantitative estimate of drug-likeness (QED) is 0.351. The van der Waals surface area contributed by atoms with E-state index in [2.05, 4.69) is 27.8 Å². The predicted octanol–water partition coefficient (Wildman–Crippen LogP) is 5.54. The molecule has 1 saturated heterocycles. The Balaban J connectivity index is 1.11. The summed E-state index contributed by atoms with van der Waals surface area (Å²) in [6.45, 7) is 7.03. The minimum Gasteiger partial charge on any atom is -0.369 e. The van der Waals surface area contributed by atoms with E-state index in [9.17, 15) is 22.8 Å². The van der Waals surface area contributed by atoms with Gasteiger partial charge in [-0.15, -0.1) is 0 Å². The van der Waals surface area contributed by atoms with Crippen molar-refractivity contribution in [3.63, 3.8) is 0 Å². The van der Waals surface area contributed by atoms with Gasteiger partial charge < -0.3 is 14.4 Å². The number of pyridine rings is 1. The number of amides is 1. The molecule has 256 valence electrons. The fraction of sp³-hybridized carbons (Fsp3) is 0.462. The van der Waals surface area contributed by atoms with Crippen molar-refractivity contribution in [3.05, 3.63) is 100.0 Å². The number of piperidine rings is 1. The topological polar surface area (TPSA) is 109 Å². The zero-order valence-electron chi connectivity index (χ0n) is 28.2. The molecule has 4 atom stereocenters. The molecule has 0 spiro atoms. The van der Waals surface area contributed by atoms with Crippen molar-refractivity contribution in [3.8, 4) is 0 Å². The summed E-state index contributed by atoms with van der Waals surface area (Å²) >= 11 is 0. The highest BCUT2D eigenvalue weighted by atomic mass is 32.2. The number of aromatic nitrogens is 1. The molecular weight excluding hydrogens is 637 g/mol. The number of benzene rings is 2. The van der Waals surface area contributed by atoms with Crippen LogP contribution in [0.1, 0.15) is 73.5 Å². The summed E-state index contributed by atoms with van der Waals surface area (Å²) in [5.41, 5.74) is 3.59. The number of rotatable bonds is 7. The van der Waals surface area contributed by atoms with Gasteiger partial charge >= 0.3 is 0 Å². The monoisotopic (exact) mass is 680 g/mol. The van der Waals surface area contributed by atoms with Gasteiger partial charge in [0.1, 0.15) is 5.78 Å². The number of Topliss-reactive ketones (excluding diaryl/α,β-unsaturated/α-hetero) is 1. The Morgan fingerprint density at radius 1 is 0.980 bits per heavy atom. The number of carbonyl (C=O) groups is 2. The van der Waals surface area contributed by atoms with E-state index in [1.807, 2.05) is 54.8 Å². The molecule has 49 heavy (non-hydrogen) atoms. The van der Waals surface area contributed by atoms with Crippen molar-refractivity contribution in [1.82, 2.24) is 9.47 Å². The molecule has 9 nitrogen and oxygen atoms in total. The molecule has 2 saturated carbocycles. The number of sulfonamides is 1. The van der Waals surface area contributed by atoms with Crippen molar-refractivity contribution >= 4 is 38.7 Å². The molecule has 0 radical (unpaired) electrons. The van der Waals surface area contributed by atoms with Gasteiger partial charge in [0.2, 0.25) is 10.0 Å². The average Bonchev–Trinajstić information content (AvgIpc) is 3.43. The van der Waals surface area contributed by atoms with Crippen LogP contribution in [0, 0.1) is 22.7 Å². The maximum absolute atomic E-state index is 14.1. The van der Waals surface area contributed by atoms with E-state index >= 15 is 0 Å². The zero-order chi connectivity index (χ0) is 34.1. The maximum atomic E-state index is 14.1. The molecule has 10 heteroatoms. The Morgan fingerprint density at radius 3 is 2.51 bits per heavy atom. The van der Waals surface area contributed by atoms with Crippen LogP contribution in [0.25, 0.3) is 5.57 Å². The number of anilines is 2. The lowest BCUT2D eigenvalue weighted by molar-refractivity contribution is -0.128. The van der Waals surface area contributed by atoms with E-state index in [0.29, 0.717) is 62.5 Å². The first kappa shape index (κ1) is 32.0. The minimum atomic E-state index is -3.98.